The predicted molar refractivity (Wildman–Crippen MR) is 152 cm³/mol. The molecule has 3 aromatic rings. The smallest absolute Gasteiger partial charge is 0.338 e. The number of amides is 1. The summed E-state index contributed by atoms with van der Waals surface area (Å²) < 4.78 is 11.0. The molecule has 8 nitrogen and oxygen atoms in total. The van der Waals surface area contributed by atoms with Crippen LogP contribution >= 0.6 is 46.1 Å². The number of fused-ring (bicyclic) bond motifs is 1. The minimum atomic E-state index is -1.89. The summed E-state index contributed by atoms with van der Waals surface area (Å²) in [6.07, 6.45) is 0.517. The van der Waals surface area contributed by atoms with E-state index in [1.54, 1.807) is 44.2 Å². The van der Waals surface area contributed by atoms with Gasteiger partial charge in [0.15, 0.2) is 4.80 Å². The maximum atomic E-state index is 13.7. The molecule has 0 aliphatic carbocycles. The Morgan fingerprint density at radius 1 is 1.15 bits per heavy atom. The van der Waals surface area contributed by atoms with E-state index in [0.29, 0.717) is 31.9 Å². The molecule has 0 spiro atoms. The van der Waals surface area contributed by atoms with E-state index in [9.17, 15) is 14.4 Å². The molecule has 1 amide bonds. The highest BCUT2D eigenvalue weighted by molar-refractivity contribution is 7.07. The van der Waals surface area contributed by atoms with Crippen molar-refractivity contribution in [3.05, 3.63) is 96.7 Å². The third kappa shape index (κ3) is 6.55. The first kappa shape index (κ1) is 28.9. The fraction of sp³-hybridized carbons (Fsp3) is 0.259. The van der Waals surface area contributed by atoms with Crippen LogP contribution in [0, 0.1) is 0 Å². The first-order chi connectivity index (χ1) is 18.5. The van der Waals surface area contributed by atoms with Crippen molar-refractivity contribution in [3.8, 4) is 5.75 Å². The molecule has 2 aromatic carbocycles. The molecule has 1 N–H and O–H groups in total. The minimum absolute atomic E-state index is 0.203. The van der Waals surface area contributed by atoms with Crippen LogP contribution in [-0.2, 0) is 14.3 Å². The number of benzene rings is 2. The van der Waals surface area contributed by atoms with Gasteiger partial charge in [0, 0.05) is 6.92 Å². The van der Waals surface area contributed by atoms with Gasteiger partial charge in [-0.25, -0.2) is 9.79 Å². The molecule has 39 heavy (non-hydrogen) atoms. The van der Waals surface area contributed by atoms with Gasteiger partial charge in [-0.3, -0.25) is 14.2 Å². The lowest BCUT2D eigenvalue weighted by molar-refractivity contribution is -0.139. The number of thiazole rings is 1. The number of aromatic nitrogens is 1. The van der Waals surface area contributed by atoms with Crippen molar-refractivity contribution in [1.29, 1.82) is 0 Å². The van der Waals surface area contributed by atoms with E-state index in [4.69, 9.17) is 44.3 Å². The van der Waals surface area contributed by atoms with Crippen molar-refractivity contribution < 1.29 is 19.1 Å². The van der Waals surface area contributed by atoms with Gasteiger partial charge in [-0.1, -0.05) is 88.6 Å². The average Bonchev–Trinajstić information content (AvgIpc) is 3.18. The molecule has 2 atom stereocenters. The molecular formula is C27H24Cl3N3O5S. The Labute approximate surface area is 243 Å². The van der Waals surface area contributed by atoms with E-state index < -0.39 is 27.9 Å². The van der Waals surface area contributed by atoms with Gasteiger partial charge in [0.25, 0.3) is 5.56 Å². The van der Waals surface area contributed by atoms with Gasteiger partial charge >= 0.3 is 5.97 Å². The third-order valence-electron chi connectivity index (χ3n) is 5.70. The van der Waals surface area contributed by atoms with Gasteiger partial charge in [0.05, 0.1) is 28.5 Å². The van der Waals surface area contributed by atoms with Crippen molar-refractivity contribution in [1.82, 2.24) is 9.88 Å². The van der Waals surface area contributed by atoms with Gasteiger partial charge in [-0.15, -0.1) is 0 Å². The van der Waals surface area contributed by atoms with Crippen LogP contribution in [-0.4, -0.2) is 33.1 Å². The fourth-order valence-corrected chi connectivity index (χ4v) is 5.38. The van der Waals surface area contributed by atoms with Crippen LogP contribution in [0.15, 0.2) is 75.7 Å². The SMILES string of the molecule is CCOC(=O)C1=C(C)N=c2s/c(=C\c3ccc(O[C@H](NC(C)=O)C(Cl)(Cl)Cl)cc3)c(=O)n2[C@@H]1c1ccccc1. The molecule has 1 aliphatic heterocycles. The Balaban J connectivity index is 1.72. The summed E-state index contributed by atoms with van der Waals surface area (Å²) in [5.74, 6) is -0.587. The molecule has 2 heterocycles. The zero-order chi connectivity index (χ0) is 28.3. The van der Waals surface area contributed by atoms with Crippen LogP contribution in [0.5, 0.6) is 5.75 Å². The number of halogens is 3. The van der Waals surface area contributed by atoms with E-state index in [1.165, 1.54) is 22.8 Å². The summed E-state index contributed by atoms with van der Waals surface area (Å²) in [7, 11) is 0. The first-order valence-electron chi connectivity index (χ1n) is 11.8. The largest absolute Gasteiger partial charge is 0.466 e. The number of allylic oxidation sites excluding steroid dienone is 1. The molecular weight excluding hydrogens is 585 g/mol. The van der Waals surface area contributed by atoms with Crippen LogP contribution in [0.25, 0.3) is 6.08 Å². The molecule has 12 heteroatoms. The maximum absolute atomic E-state index is 13.7. The lowest BCUT2D eigenvalue weighted by Crippen LogP contribution is -2.47. The molecule has 1 aliphatic rings. The van der Waals surface area contributed by atoms with E-state index in [2.05, 4.69) is 10.3 Å². The molecule has 0 radical (unpaired) electrons. The topological polar surface area (TPSA) is 99.0 Å². The number of hydrogen-bond donors (Lipinski definition) is 1. The number of carbonyl (C=O) groups excluding carboxylic acids is 2. The second-order valence-corrected chi connectivity index (χ2v) is 11.9. The Bertz CT molecular complexity index is 1590. The number of nitrogens with one attached hydrogen (secondary N) is 1. The first-order valence-corrected chi connectivity index (χ1v) is 13.8. The highest BCUT2D eigenvalue weighted by atomic mass is 35.6. The molecule has 0 unspecified atom stereocenters. The number of carbonyl (C=O) groups is 2. The normalized spacial score (nSPS) is 16.3. The fourth-order valence-electron chi connectivity index (χ4n) is 4.04. The van der Waals surface area contributed by atoms with Crippen molar-refractivity contribution in [2.75, 3.05) is 6.61 Å². The lowest BCUT2D eigenvalue weighted by atomic mass is 9.96. The third-order valence-corrected chi connectivity index (χ3v) is 7.27. The Kier molecular flexibility index (Phi) is 8.86. The van der Waals surface area contributed by atoms with E-state index in [-0.39, 0.29) is 12.2 Å². The van der Waals surface area contributed by atoms with Crippen molar-refractivity contribution >= 4 is 64.1 Å². The zero-order valence-electron chi connectivity index (χ0n) is 21.1. The monoisotopic (exact) mass is 607 g/mol. The summed E-state index contributed by atoms with van der Waals surface area (Å²) in [5, 5.41) is 2.44. The summed E-state index contributed by atoms with van der Waals surface area (Å²) in [6, 6.07) is 15.3. The number of esters is 1. The van der Waals surface area contributed by atoms with Gasteiger partial charge in [0.1, 0.15) is 5.75 Å². The lowest BCUT2D eigenvalue weighted by Gasteiger charge is -2.25. The van der Waals surface area contributed by atoms with Crippen LogP contribution in [0.3, 0.4) is 0 Å². The Morgan fingerprint density at radius 2 is 1.82 bits per heavy atom. The molecule has 0 saturated carbocycles. The average molecular weight is 609 g/mol. The number of ether oxygens (including phenoxy) is 2. The van der Waals surface area contributed by atoms with E-state index in [1.807, 2.05) is 30.3 Å². The second-order valence-electron chi connectivity index (χ2n) is 8.52. The van der Waals surface area contributed by atoms with Gasteiger partial charge in [-0.2, -0.15) is 0 Å². The number of rotatable bonds is 7. The number of alkyl halides is 3. The molecule has 4 rings (SSSR count). The highest BCUT2D eigenvalue weighted by Crippen LogP contribution is 2.32. The number of hydrogen-bond acceptors (Lipinski definition) is 7. The summed E-state index contributed by atoms with van der Waals surface area (Å²) in [6.45, 7) is 4.96. The second kappa shape index (κ2) is 12.0. The minimum Gasteiger partial charge on any atom is -0.466 e. The van der Waals surface area contributed by atoms with Gasteiger partial charge in [0.2, 0.25) is 15.9 Å². The van der Waals surface area contributed by atoms with Crippen molar-refractivity contribution in [3.63, 3.8) is 0 Å². The molecule has 0 bridgehead atoms. The predicted octanol–water partition coefficient (Wildman–Crippen LogP) is 4.01. The van der Waals surface area contributed by atoms with Crippen LogP contribution < -0.4 is 24.9 Å². The van der Waals surface area contributed by atoms with Crippen LogP contribution in [0.4, 0.5) is 0 Å². The summed E-state index contributed by atoms with van der Waals surface area (Å²) in [5.41, 5.74) is 2.01. The number of nitrogens with zero attached hydrogens (tertiary/aromatic N) is 2. The summed E-state index contributed by atoms with van der Waals surface area (Å²) >= 11 is 19.0. The van der Waals surface area contributed by atoms with Crippen molar-refractivity contribution in [2.45, 2.75) is 36.8 Å². The van der Waals surface area contributed by atoms with E-state index in [0.717, 1.165) is 5.56 Å². The molecule has 0 fully saturated rings. The molecule has 0 saturated heterocycles. The maximum Gasteiger partial charge on any atom is 0.338 e. The Hall–Kier alpha value is -3.11. The van der Waals surface area contributed by atoms with Crippen LogP contribution in [0.2, 0.25) is 0 Å². The zero-order valence-corrected chi connectivity index (χ0v) is 24.2. The van der Waals surface area contributed by atoms with Crippen LogP contribution in [0.1, 0.15) is 37.9 Å². The highest BCUT2D eigenvalue weighted by Gasteiger charge is 2.36. The van der Waals surface area contributed by atoms with Crippen molar-refractivity contribution in [2.24, 2.45) is 4.99 Å². The van der Waals surface area contributed by atoms with Gasteiger partial charge < -0.3 is 14.8 Å². The van der Waals surface area contributed by atoms with E-state index >= 15 is 0 Å². The standard InChI is InChI=1S/C27H24Cl3N3O5S/c1-4-37-24(36)21-15(2)31-26-33(22(21)18-8-6-5-7-9-18)23(35)20(39-26)14-17-10-12-19(13-11-17)38-25(27(28,29)30)32-16(3)34/h5-14,22,25H,4H2,1-3H3,(H,32,34)/b20-14-/t22-,25+/m1/s1. The Morgan fingerprint density at radius 3 is 2.41 bits per heavy atom. The molecule has 204 valence electrons. The van der Waals surface area contributed by atoms with Gasteiger partial charge in [-0.05, 0) is 43.2 Å². The molecule has 1 aromatic heterocycles. The summed E-state index contributed by atoms with van der Waals surface area (Å²) in [4.78, 5) is 43.1. The quantitative estimate of drug-likeness (QED) is 0.248.